The first kappa shape index (κ1) is 21.8. The number of amides is 1. The van der Waals surface area contributed by atoms with Crippen LogP contribution in [0.15, 0.2) is 48.6 Å². The number of nitrogens with one attached hydrogen (secondary N) is 1. The van der Waals surface area contributed by atoms with Gasteiger partial charge in [-0.2, -0.15) is 0 Å². The summed E-state index contributed by atoms with van der Waals surface area (Å²) in [5.41, 5.74) is 1.67. The van der Waals surface area contributed by atoms with Crippen LogP contribution in [0.1, 0.15) is 29.3 Å². The van der Waals surface area contributed by atoms with Gasteiger partial charge in [-0.3, -0.25) is 9.59 Å². The number of Topliss-reactive ketones (excluding diaryl/α,β-unsaturated/α-hetero) is 1. The number of benzene rings is 2. The molecule has 0 radical (unpaired) electrons. The summed E-state index contributed by atoms with van der Waals surface area (Å²) in [5, 5.41) is 12.1. The number of hydrogen-bond donors (Lipinski definition) is 2. The Labute approximate surface area is 173 Å². The second-order valence-electron chi connectivity index (χ2n) is 6.08. The first-order chi connectivity index (χ1) is 13.3. The summed E-state index contributed by atoms with van der Waals surface area (Å²) in [4.78, 5) is 24.2. The number of ketones is 1. The molecule has 2 aromatic carbocycles. The second kappa shape index (κ2) is 10.2. The third-order valence-corrected chi connectivity index (χ3v) is 4.93. The minimum atomic E-state index is -0.314. The van der Waals surface area contributed by atoms with Gasteiger partial charge < -0.3 is 15.2 Å². The van der Waals surface area contributed by atoms with Crippen LogP contribution in [-0.2, 0) is 11.2 Å². The number of phenols is 1. The fraction of sp³-hybridized carbons (Fsp3) is 0.238. The highest BCUT2D eigenvalue weighted by Crippen LogP contribution is 2.35. The Kier molecular flexibility index (Phi) is 7.91. The van der Waals surface area contributed by atoms with Crippen LogP contribution >= 0.6 is 23.2 Å². The van der Waals surface area contributed by atoms with Crippen LogP contribution in [0.4, 0.5) is 0 Å². The fourth-order valence-corrected chi connectivity index (χ4v) is 2.83. The van der Waals surface area contributed by atoms with E-state index in [-0.39, 0.29) is 45.4 Å². The van der Waals surface area contributed by atoms with E-state index in [9.17, 15) is 14.7 Å². The van der Waals surface area contributed by atoms with E-state index >= 15 is 0 Å². The lowest BCUT2D eigenvalue weighted by molar-refractivity contribution is -0.123. The molecule has 0 fully saturated rings. The lowest BCUT2D eigenvalue weighted by Gasteiger charge is -2.12. The highest BCUT2D eigenvalue weighted by atomic mass is 35.5. The topological polar surface area (TPSA) is 75.6 Å². The first-order valence-electron chi connectivity index (χ1n) is 8.71. The van der Waals surface area contributed by atoms with Gasteiger partial charge in [0, 0.05) is 12.1 Å². The molecule has 0 unspecified atom stereocenters. The largest absolute Gasteiger partial charge is 0.508 e. The van der Waals surface area contributed by atoms with Crippen LogP contribution in [0.5, 0.6) is 11.5 Å². The van der Waals surface area contributed by atoms with E-state index in [1.54, 1.807) is 24.3 Å². The number of carbonyl (C=O) groups excluding carboxylic acids is 2. The van der Waals surface area contributed by atoms with Gasteiger partial charge in [-0.25, -0.2) is 0 Å². The number of ether oxygens (including phenoxy) is 1. The lowest BCUT2D eigenvalue weighted by atomic mass is 10.0. The minimum Gasteiger partial charge on any atom is -0.508 e. The Morgan fingerprint density at radius 3 is 2.43 bits per heavy atom. The van der Waals surface area contributed by atoms with Crippen molar-refractivity contribution in [2.45, 2.75) is 19.8 Å². The summed E-state index contributed by atoms with van der Waals surface area (Å²) >= 11 is 12.4. The zero-order valence-corrected chi connectivity index (χ0v) is 16.9. The number of hydrogen-bond acceptors (Lipinski definition) is 4. The summed E-state index contributed by atoms with van der Waals surface area (Å²) in [6.07, 6.45) is 1.13. The Morgan fingerprint density at radius 2 is 1.79 bits per heavy atom. The number of carbonyl (C=O) groups is 2. The molecule has 0 aliphatic carbocycles. The molecule has 7 heteroatoms. The van der Waals surface area contributed by atoms with E-state index in [2.05, 4.69) is 11.9 Å². The van der Waals surface area contributed by atoms with Crippen molar-refractivity contribution in [1.29, 1.82) is 0 Å². The number of phenolic OH excluding ortho intramolecular Hbond substituents is 1. The highest BCUT2D eigenvalue weighted by molar-refractivity contribution is 6.45. The van der Waals surface area contributed by atoms with Crippen molar-refractivity contribution < 1.29 is 19.4 Å². The van der Waals surface area contributed by atoms with Crippen molar-refractivity contribution in [3.63, 3.8) is 0 Å². The number of aromatic hydroxyl groups is 1. The van der Waals surface area contributed by atoms with Crippen molar-refractivity contribution in [2.75, 3.05) is 13.2 Å². The molecule has 5 nitrogen and oxygen atoms in total. The summed E-state index contributed by atoms with van der Waals surface area (Å²) in [6, 6.07) is 9.78. The van der Waals surface area contributed by atoms with Crippen molar-refractivity contribution in [3.05, 3.63) is 69.7 Å². The molecule has 0 spiro atoms. The van der Waals surface area contributed by atoms with E-state index in [1.807, 2.05) is 6.92 Å². The van der Waals surface area contributed by atoms with Crippen LogP contribution < -0.4 is 10.1 Å². The standard InChI is InChI=1S/C21H21Cl2NO4/c1-3-13(2)21(27)16-8-9-17(20(23)19(16)22)28-12-18(26)24-11-10-14-4-6-15(25)7-5-14/h4-9,25H,2-3,10-12H2,1H3,(H,24,26). The van der Waals surface area contributed by atoms with E-state index in [0.29, 0.717) is 25.0 Å². The Morgan fingerprint density at radius 1 is 1.11 bits per heavy atom. The van der Waals surface area contributed by atoms with Gasteiger partial charge in [0.25, 0.3) is 5.91 Å². The van der Waals surface area contributed by atoms with E-state index < -0.39 is 0 Å². The van der Waals surface area contributed by atoms with E-state index in [4.69, 9.17) is 27.9 Å². The molecular weight excluding hydrogens is 401 g/mol. The van der Waals surface area contributed by atoms with Crippen molar-refractivity contribution in [2.24, 2.45) is 0 Å². The first-order valence-corrected chi connectivity index (χ1v) is 9.47. The molecule has 0 atom stereocenters. The molecule has 2 rings (SSSR count). The molecular formula is C21H21Cl2NO4. The second-order valence-corrected chi connectivity index (χ2v) is 6.84. The quantitative estimate of drug-likeness (QED) is 0.458. The molecule has 0 aliphatic rings. The molecule has 1 amide bonds. The molecule has 2 N–H and O–H groups in total. The van der Waals surface area contributed by atoms with Gasteiger partial charge in [0.2, 0.25) is 0 Å². The Hall–Kier alpha value is -2.50. The third-order valence-electron chi connectivity index (χ3n) is 4.07. The van der Waals surface area contributed by atoms with E-state index in [1.165, 1.54) is 12.1 Å². The van der Waals surface area contributed by atoms with Crippen LogP contribution in [0, 0.1) is 0 Å². The number of rotatable bonds is 9. The Bertz CT molecular complexity index is 879. The van der Waals surface area contributed by atoms with Gasteiger partial charge >= 0.3 is 0 Å². The maximum absolute atomic E-state index is 12.2. The third kappa shape index (κ3) is 5.75. The minimum absolute atomic E-state index is 0.0755. The summed E-state index contributed by atoms with van der Waals surface area (Å²) in [6.45, 7) is 5.73. The van der Waals surface area contributed by atoms with Crippen molar-refractivity contribution in [1.82, 2.24) is 5.32 Å². The maximum atomic E-state index is 12.2. The predicted molar refractivity (Wildman–Crippen MR) is 111 cm³/mol. The van der Waals surface area contributed by atoms with E-state index in [0.717, 1.165) is 5.56 Å². The molecule has 28 heavy (non-hydrogen) atoms. The van der Waals surface area contributed by atoms with Gasteiger partial charge in [0.05, 0.1) is 5.02 Å². The summed E-state index contributed by atoms with van der Waals surface area (Å²) in [7, 11) is 0. The lowest BCUT2D eigenvalue weighted by Crippen LogP contribution is -2.30. The monoisotopic (exact) mass is 421 g/mol. The van der Waals surface area contributed by atoms with Gasteiger partial charge in [-0.1, -0.05) is 48.8 Å². The summed E-state index contributed by atoms with van der Waals surface area (Å²) in [5.74, 6) is -0.166. The average Bonchev–Trinajstić information content (AvgIpc) is 2.69. The summed E-state index contributed by atoms with van der Waals surface area (Å²) < 4.78 is 5.42. The van der Waals surface area contributed by atoms with Crippen molar-refractivity contribution >= 4 is 34.9 Å². The normalized spacial score (nSPS) is 10.4. The molecule has 2 aromatic rings. The molecule has 0 bridgehead atoms. The van der Waals surface area contributed by atoms with Crippen LogP contribution in [0.3, 0.4) is 0 Å². The molecule has 0 aromatic heterocycles. The average molecular weight is 422 g/mol. The van der Waals surface area contributed by atoms with Gasteiger partial charge in [-0.15, -0.1) is 0 Å². The van der Waals surface area contributed by atoms with Crippen LogP contribution in [0.2, 0.25) is 10.0 Å². The molecule has 148 valence electrons. The van der Waals surface area contributed by atoms with Crippen LogP contribution in [0.25, 0.3) is 0 Å². The van der Waals surface area contributed by atoms with Gasteiger partial charge in [0.15, 0.2) is 12.4 Å². The Balaban J connectivity index is 1.88. The van der Waals surface area contributed by atoms with Crippen molar-refractivity contribution in [3.8, 4) is 11.5 Å². The predicted octanol–water partition coefficient (Wildman–Crippen LogP) is 4.59. The highest BCUT2D eigenvalue weighted by Gasteiger charge is 2.18. The van der Waals surface area contributed by atoms with Gasteiger partial charge in [-0.05, 0) is 48.2 Å². The molecule has 0 aliphatic heterocycles. The smallest absolute Gasteiger partial charge is 0.257 e. The fourth-order valence-electron chi connectivity index (χ4n) is 2.37. The zero-order valence-electron chi connectivity index (χ0n) is 15.4. The number of halogens is 2. The molecule has 0 heterocycles. The maximum Gasteiger partial charge on any atom is 0.257 e. The molecule has 0 saturated carbocycles. The zero-order chi connectivity index (χ0) is 20.7. The SMILES string of the molecule is C=C(CC)C(=O)c1ccc(OCC(=O)NCCc2ccc(O)cc2)c(Cl)c1Cl. The van der Waals surface area contributed by atoms with Crippen LogP contribution in [-0.4, -0.2) is 29.9 Å². The van der Waals surface area contributed by atoms with Gasteiger partial charge in [0.1, 0.15) is 16.5 Å². The molecule has 0 saturated heterocycles. The number of allylic oxidation sites excluding steroid dienone is 1.